The van der Waals surface area contributed by atoms with Crippen molar-refractivity contribution in [1.82, 2.24) is 5.32 Å². The van der Waals surface area contributed by atoms with Gasteiger partial charge in [-0.3, -0.25) is 4.79 Å². The van der Waals surface area contributed by atoms with Crippen LogP contribution >= 0.6 is 0 Å². The summed E-state index contributed by atoms with van der Waals surface area (Å²) in [6.07, 6.45) is 1.62. The van der Waals surface area contributed by atoms with Gasteiger partial charge in [0.15, 0.2) is 0 Å². The molecule has 0 saturated carbocycles. The number of hydrogen-bond acceptors (Lipinski definition) is 3. The van der Waals surface area contributed by atoms with Crippen LogP contribution in [0.5, 0.6) is 0 Å². The summed E-state index contributed by atoms with van der Waals surface area (Å²) in [6.45, 7) is 4.76. The number of anilines is 1. The van der Waals surface area contributed by atoms with Crippen molar-refractivity contribution in [2.45, 2.75) is 32.7 Å². The van der Waals surface area contributed by atoms with Crippen molar-refractivity contribution in [3.63, 3.8) is 0 Å². The fourth-order valence-electron chi connectivity index (χ4n) is 2.49. The van der Waals surface area contributed by atoms with Gasteiger partial charge in [0, 0.05) is 17.6 Å². The number of hydrogen-bond donors (Lipinski definition) is 3. The van der Waals surface area contributed by atoms with Crippen LogP contribution in [0.3, 0.4) is 0 Å². The number of rotatable bonds is 3. The van der Waals surface area contributed by atoms with E-state index in [0.717, 1.165) is 24.9 Å². The average Bonchev–Trinajstić information content (AvgIpc) is 2.41. The Morgan fingerprint density at radius 1 is 1.40 bits per heavy atom. The molecule has 0 radical (unpaired) electrons. The SMILES string of the molecule is Cc1ccc(C(=O)O)cc1NC(=O)C1CCNC(C)C1. The van der Waals surface area contributed by atoms with Crippen LogP contribution in [0.4, 0.5) is 5.69 Å². The van der Waals surface area contributed by atoms with E-state index in [4.69, 9.17) is 5.11 Å². The Bertz CT molecular complexity index is 528. The van der Waals surface area contributed by atoms with Crippen molar-refractivity contribution in [2.24, 2.45) is 5.92 Å². The Morgan fingerprint density at radius 3 is 2.80 bits per heavy atom. The van der Waals surface area contributed by atoms with Crippen LogP contribution in [-0.4, -0.2) is 29.6 Å². The second-order valence-electron chi connectivity index (χ2n) is 5.40. The van der Waals surface area contributed by atoms with Crippen molar-refractivity contribution < 1.29 is 14.7 Å². The van der Waals surface area contributed by atoms with E-state index >= 15 is 0 Å². The maximum Gasteiger partial charge on any atom is 0.335 e. The van der Waals surface area contributed by atoms with E-state index < -0.39 is 5.97 Å². The molecule has 1 heterocycles. The Balaban J connectivity index is 2.10. The molecule has 3 N–H and O–H groups in total. The second-order valence-corrected chi connectivity index (χ2v) is 5.40. The largest absolute Gasteiger partial charge is 0.478 e. The number of nitrogens with one attached hydrogen (secondary N) is 2. The third kappa shape index (κ3) is 3.36. The molecule has 1 aliphatic rings. The van der Waals surface area contributed by atoms with Gasteiger partial charge in [0.1, 0.15) is 0 Å². The molecule has 20 heavy (non-hydrogen) atoms. The standard InChI is InChI=1S/C15H20N2O3/c1-9-3-4-12(15(19)20)8-13(9)17-14(18)11-5-6-16-10(2)7-11/h3-4,8,10-11,16H,5-7H2,1-2H3,(H,17,18)(H,19,20). The van der Waals surface area contributed by atoms with Gasteiger partial charge in [-0.05, 0) is 50.9 Å². The van der Waals surface area contributed by atoms with Gasteiger partial charge in [-0.1, -0.05) is 6.07 Å². The highest BCUT2D eigenvalue weighted by atomic mass is 16.4. The van der Waals surface area contributed by atoms with E-state index in [1.807, 2.05) is 6.92 Å². The third-order valence-electron chi connectivity index (χ3n) is 3.74. The second kappa shape index (κ2) is 6.05. The molecular formula is C15H20N2O3. The molecule has 1 aromatic carbocycles. The fourth-order valence-corrected chi connectivity index (χ4v) is 2.49. The van der Waals surface area contributed by atoms with Gasteiger partial charge >= 0.3 is 5.97 Å². The predicted octanol–water partition coefficient (Wildman–Crippen LogP) is 2.02. The average molecular weight is 276 g/mol. The number of carboxylic acids is 1. The van der Waals surface area contributed by atoms with Crippen LogP contribution in [0.2, 0.25) is 0 Å². The molecule has 5 nitrogen and oxygen atoms in total. The van der Waals surface area contributed by atoms with Gasteiger partial charge in [-0.15, -0.1) is 0 Å². The molecule has 0 aliphatic carbocycles. The minimum Gasteiger partial charge on any atom is -0.478 e. The number of aryl methyl sites for hydroxylation is 1. The summed E-state index contributed by atoms with van der Waals surface area (Å²) in [5.74, 6) is -1.03. The summed E-state index contributed by atoms with van der Waals surface area (Å²) in [5.41, 5.74) is 1.64. The molecule has 1 aliphatic heterocycles. The lowest BCUT2D eigenvalue weighted by Crippen LogP contribution is -2.40. The van der Waals surface area contributed by atoms with Gasteiger partial charge < -0.3 is 15.7 Å². The molecule has 1 saturated heterocycles. The van der Waals surface area contributed by atoms with Gasteiger partial charge in [0.05, 0.1) is 5.56 Å². The Kier molecular flexibility index (Phi) is 4.39. The van der Waals surface area contributed by atoms with Gasteiger partial charge in [0.25, 0.3) is 0 Å². The summed E-state index contributed by atoms with van der Waals surface area (Å²) in [6, 6.07) is 5.11. The van der Waals surface area contributed by atoms with Crippen molar-refractivity contribution in [3.8, 4) is 0 Å². The Hall–Kier alpha value is -1.88. The lowest BCUT2D eigenvalue weighted by Gasteiger charge is -2.27. The summed E-state index contributed by atoms with van der Waals surface area (Å²) in [5, 5.41) is 15.2. The summed E-state index contributed by atoms with van der Waals surface area (Å²) < 4.78 is 0. The lowest BCUT2D eigenvalue weighted by molar-refractivity contribution is -0.120. The lowest BCUT2D eigenvalue weighted by atomic mass is 9.92. The maximum atomic E-state index is 12.3. The monoisotopic (exact) mass is 276 g/mol. The van der Waals surface area contributed by atoms with Gasteiger partial charge in [-0.25, -0.2) is 4.79 Å². The molecule has 5 heteroatoms. The molecule has 2 unspecified atom stereocenters. The molecule has 0 spiro atoms. The zero-order chi connectivity index (χ0) is 14.7. The topological polar surface area (TPSA) is 78.4 Å². The van der Waals surface area contributed by atoms with E-state index in [0.29, 0.717) is 11.7 Å². The first-order valence-corrected chi connectivity index (χ1v) is 6.85. The molecule has 1 fully saturated rings. The molecule has 2 rings (SSSR count). The fraction of sp³-hybridized carbons (Fsp3) is 0.467. The van der Waals surface area contributed by atoms with Crippen LogP contribution in [0.15, 0.2) is 18.2 Å². The smallest absolute Gasteiger partial charge is 0.335 e. The van der Waals surface area contributed by atoms with E-state index in [2.05, 4.69) is 17.6 Å². The molecular weight excluding hydrogens is 256 g/mol. The normalized spacial score (nSPS) is 22.3. The number of carboxylic acid groups (broad SMARTS) is 1. The maximum absolute atomic E-state index is 12.3. The molecule has 1 aromatic rings. The van der Waals surface area contributed by atoms with Crippen LogP contribution in [0.25, 0.3) is 0 Å². The zero-order valence-electron chi connectivity index (χ0n) is 11.8. The van der Waals surface area contributed by atoms with Gasteiger partial charge in [-0.2, -0.15) is 0 Å². The molecule has 0 bridgehead atoms. The Morgan fingerprint density at radius 2 is 2.15 bits per heavy atom. The van der Waals surface area contributed by atoms with Crippen molar-refractivity contribution >= 4 is 17.6 Å². The number of carbonyl (C=O) groups is 2. The first-order valence-electron chi connectivity index (χ1n) is 6.85. The van der Waals surface area contributed by atoms with Crippen LogP contribution < -0.4 is 10.6 Å². The number of benzene rings is 1. The first kappa shape index (κ1) is 14.5. The van der Waals surface area contributed by atoms with Crippen molar-refractivity contribution in [1.29, 1.82) is 0 Å². The van der Waals surface area contributed by atoms with E-state index in [1.54, 1.807) is 12.1 Å². The minimum absolute atomic E-state index is 0.0147. The highest BCUT2D eigenvalue weighted by Crippen LogP contribution is 2.21. The predicted molar refractivity (Wildman–Crippen MR) is 77.0 cm³/mol. The molecule has 2 atom stereocenters. The van der Waals surface area contributed by atoms with E-state index in [1.165, 1.54) is 6.07 Å². The van der Waals surface area contributed by atoms with E-state index in [-0.39, 0.29) is 17.4 Å². The molecule has 0 aromatic heterocycles. The van der Waals surface area contributed by atoms with Crippen molar-refractivity contribution in [2.75, 3.05) is 11.9 Å². The van der Waals surface area contributed by atoms with Crippen LogP contribution in [0, 0.1) is 12.8 Å². The van der Waals surface area contributed by atoms with Gasteiger partial charge in [0.2, 0.25) is 5.91 Å². The van der Waals surface area contributed by atoms with Crippen molar-refractivity contribution in [3.05, 3.63) is 29.3 Å². The summed E-state index contributed by atoms with van der Waals surface area (Å²) in [4.78, 5) is 23.2. The van der Waals surface area contributed by atoms with E-state index in [9.17, 15) is 9.59 Å². The number of piperidine rings is 1. The summed E-state index contributed by atoms with van der Waals surface area (Å²) >= 11 is 0. The number of amides is 1. The minimum atomic E-state index is -0.990. The third-order valence-corrected chi connectivity index (χ3v) is 3.74. The number of carbonyl (C=O) groups excluding carboxylic acids is 1. The quantitative estimate of drug-likeness (QED) is 0.789. The molecule has 1 amide bonds. The number of aromatic carboxylic acids is 1. The summed E-state index contributed by atoms with van der Waals surface area (Å²) in [7, 11) is 0. The Labute approximate surface area is 118 Å². The first-order chi connectivity index (χ1) is 9.47. The van der Waals surface area contributed by atoms with Crippen LogP contribution in [0.1, 0.15) is 35.7 Å². The molecule has 108 valence electrons. The van der Waals surface area contributed by atoms with Crippen LogP contribution in [-0.2, 0) is 4.79 Å². The highest BCUT2D eigenvalue weighted by Gasteiger charge is 2.25. The highest BCUT2D eigenvalue weighted by molar-refractivity contribution is 5.95. The zero-order valence-corrected chi connectivity index (χ0v) is 11.8.